The summed E-state index contributed by atoms with van der Waals surface area (Å²) in [5.74, 6) is 0.762. The van der Waals surface area contributed by atoms with Crippen LogP contribution in [0.3, 0.4) is 0 Å². The Morgan fingerprint density at radius 3 is 2.29 bits per heavy atom. The summed E-state index contributed by atoms with van der Waals surface area (Å²) in [6, 6.07) is 15.5. The molecule has 5 rings (SSSR count). The molecule has 4 aromatic rings. The van der Waals surface area contributed by atoms with Crippen LogP contribution < -0.4 is 10.5 Å². The third-order valence-corrected chi connectivity index (χ3v) is 7.02. The largest absolute Gasteiger partial charge is 0.338 e. The lowest BCUT2D eigenvalue weighted by atomic mass is 10.1. The SMILES string of the molecule is O=c1c2ccccc2sn1CCN1CCN(c2ncc(-c3ccc(Cl)cc3)cn2)CC1. The number of halogens is 1. The third-order valence-electron chi connectivity index (χ3n) is 5.64. The van der Waals surface area contributed by atoms with Gasteiger partial charge in [-0.2, -0.15) is 0 Å². The predicted molar refractivity (Wildman–Crippen MR) is 127 cm³/mol. The average molecular weight is 452 g/mol. The number of nitrogens with zero attached hydrogens (tertiary/aromatic N) is 5. The van der Waals surface area contributed by atoms with Crippen molar-refractivity contribution >= 4 is 39.2 Å². The first-order valence-electron chi connectivity index (χ1n) is 10.3. The number of aromatic nitrogens is 3. The lowest BCUT2D eigenvalue weighted by Crippen LogP contribution is -2.48. The van der Waals surface area contributed by atoms with Crippen LogP contribution in [0.4, 0.5) is 5.95 Å². The summed E-state index contributed by atoms with van der Waals surface area (Å²) in [5.41, 5.74) is 2.15. The van der Waals surface area contributed by atoms with Gasteiger partial charge in [-0.1, -0.05) is 47.4 Å². The molecule has 6 nitrogen and oxygen atoms in total. The van der Waals surface area contributed by atoms with Gasteiger partial charge in [-0.05, 0) is 29.8 Å². The lowest BCUT2D eigenvalue weighted by molar-refractivity contribution is 0.249. The maximum Gasteiger partial charge on any atom is 0.268 e. The molecule has 0 aliphatic carbocycles. The minimum atomic E-state index is 0.119. The zero-order valence-electron chi connectivity index (χ0n) is 16.9. The number of hydrogen-bond donors (Lipinski definition) is 0. The lowest BCUT2D eigenvalue weighted by Gasteiger charge is -2.34. The molecule has 3 heterocycles. The average Bonchev–Trinajstić information content (AvgIpc) is 3.14. The molecule has 0 N–H and O–H groups in total. The second-order valence-corrected chi connectivity index (χ2v) is 9.10. The topological polar surface area (TPSA) is 54.3 Å². The molecule has 0 amide bonds. The highest BCUT2D eigenvalue weighted by Crippen LogP contribution is 2.22. The fourth-order valence-electron chi connectivity index (χ4n) is 3.84. The molecule has 0 radical (unpaired) electrons. The van der Waals surface area contributed by atoms with Gasteiger partial charge in [0, 0.05) is 62.2 Å². The molecule has 31 heavy (non-hydrogen) atoms. The summed E-state index contributed by atoms with van der Waals surface area (Å²) in [6.45, 7) is 5.22. The van der Waals surface area contributed by atoms with Crippen molar-refractivity contribution in [2.75, 3.05) is 37.6 Å². The monoisotopic (exact) mass is 451 g/mol. The third kappa shape index (κ3) is 4.35. The van der Waals surface area contributed by atoms with Crippen LogP contribution in [0.15, 0.2) is 65.7 Å². The van der Waals surface area contributed by atoms with Crippen molar-refractivity contribution in [1.29, 1.82) is 0 Å². The van der Waals surface area contributed by atoms with E-state index in [-0.39, 0.29) is 5.56 Å². The minimum absolute atomic E-state index is 0.119. The number of fused-ring (bicyclic) bond motifs is 1. The standard InChI is InChI=1S/C23H22ClN5OS/c24-19-7-5-17(6-8-19)18-15-25-23(26-16-18)28-12-9-27(10-13-28)11-14-29-22(30)20-3-1-2-4-21(20)31-29/h1-8,15-16H,9-14H2. The summed E-state index contributed by atoms with van der Waals surface area (Å²) in [7, 11) is 0. The zero-order chi connectivity index (χ0) is 21.2. The van der Waals surface area contributed by atoms with Crippen molar-refractivity contribution in [3.05, 3.63) is 76.3 Å². The molecular formula is C23H22ClN5OS. The molecule has 1 saturated heterocycles. The van der Waals surface area contributed by atoms with Crippen LogP contribution in [0.5, 0.6) is 0 Å². The highest BCUT2D eigenvalue weighted by atomic mass is 35.5. The van der Waals surface area contributed by atoms with E-state index in [1.54, 1.807) is 11.5 Å². The maximum atomic E-state index is 12.5. The normalized spacial score (nSPS) is 14.9. The molecule has 0 spiro atoms. The summed E-state index contributed by atoms with van der Waals surface area (Å²) in [6.07, 6.45) is 3.73. The molecular weight excluding hydrogens is 430 g/mol. The fourth-order valence-corrected chi connectivity index (χ4v) is 4.96. The van der Waals surface area contributed by atoms with Crippen LogP contribution in [0.1, 0.15) is 0 Å². The quantitative estimate of drug-likeness (QED) is 0.459. The van der Waals surface area contributed by atoms with Crippen LogP contribution in [0, 0.1) is 0 Å². The van der Waals surface area contributed by atoms with Crippen molar-refractivity contribution in [3.8, 4) is 11.1 Å². The summed E-state index contributed by atoms with van der Waals surface area (Å²) in [4.78, 5) is 26.3. The zero-order valence-corrected chi connectivity index (χ0v) is 18.5. The second-order valence-electron chi connectivity index (χ2n) is 7.60. The first kappa shape index (κ1) is 20.2. The van der Waals surface area contributed by atoms with Gasteiger partial charge >= 0.3 is 0 Å². The molecule has 2 aromatic heterocycles. The van der Waals surface area contributed by atoms with Crippen molar-refractivity contribution < 1.29 is 0 Å². The Balaban J connectivity index is 1.17. The molecule has 2 aromatic carbocycles. The van der Waals surface area contributed by atoms with Crippen LogP contribution in [-0.2, 0) is 6.54 Å². The first-order chi connectivity index (χ1) is 15.2. The van der Waals surface area contributed by atoms with Gasteiger partial charge in [0.25, 0.3) is 5.56 Å². The number of hydrogen-bond acceptors (Lipinski definition) is 6. The minimum Gasteiger partial charge on any atom is -0.338 e. The Labute approximate surface area is 189 Å². The number of anilines is 1. The van der Waals surface area contributed by atoms with E-state index in [1.807, 2.05) is 64.9 Å². The van der Waals surface area contributed by atoms with Crippen LogP contribution in [0.25, 0.3) is 21.2 Å². The summed E-state index contributed by atoms with van der Waals surface area (Å²) >= 11 is 7.51. The smallest absolute Gasteiger partial charge is 0.268 e. The van der Waals surface area contributed by atoms with E-state index in [9.17, 15) is 4.79 Å². The van der Waals surface area contributed by atoms with Crippen LogP contribution in [-0.4, -0.2) is 51.5 Å². The van der Waals surface area contributed by atoms with Gasteiger partial charge in [0.05, 0.1) is 10.1 Å². The molecule has 8 heteroatoms. The van der Waals surface area contributed by atoms with E-state index in [2.05, 4.69) is 19.8 Å². The van der Waals surface area contributed by atoms with E-state index in [1.165, 1.54) is 0 Å². The molecule has 0 saturated carbocycles. The van der Waals surface area contributed by atoms with Gasteiger partial charge in [0.1, 0.15) is 0 Å². The summed E-state index contributed by atoms with van der Waals surface area (Å²) in [5, 5.41) is 1.54. The van der Waals surface area contributed by atoms with E-state index < -0.39 is 0 Å². The Morgan fingerprint density at radius 1 is 0.871 bits per heavy atom. The molecule has 158 valence electrons. The molecule has 0 unspecified atom stereocenters. The van der Waals surface area contributed by atoms with Gasteiger partial charge in [0.2, 0.25) is 5.95 Å². The number of benzene rings is 2. The maximum absolute atomic E-state index is 12.5. The summed E-state index contributed by atoms with van der Waals surface area (Å²) < 4.78 is 2.92. The molecule has 0 bridgehead atoms. The highest BCUT2D eigenvalue weighted by molar-refractivity contribution is 7.13. The molecule has 0 atom stereocenters. The van der Waals surface area contributed by atoms with Gasteiger partial charge in [-0.3, -0.25) is 13.7 Å². The van der Waals surface area contributed by atoms with E-state index in [4.69, 9.17) is 11.6 Å². The first-order valence-corrected chi connectivity index (χ1v) is 11.5. The van der Waals surface area contributed by atoms with E-state index >= 15 is 0 Å². The Kier molecular flexibility index (Phi) is 5.72. The highest BCUT2D eigenvalue weighted by Gasteiger charge is 2.19. The van der Waals surface area contributed by atoms with Gasteiger partial charge in [-0.15, -0.1) is 0 Å². The van der Waals surface area contributed by atoms with Crippen LogP contribution in [0.2, 0.25) is 5.02 Å². The van der Waals surface area contributed by atoms with E-state index in [0.29, 0.717) is 0 Å². The second kappa shape index (κ2) is 8.78. The van der Waals surface area contributed by atoms with Crippen LogP contribution >= 0.6 is 23.1 Å². The van der Waals surface area contributed by atoms with Crippen molar-refractivity contribution in [2.24, 2.45) is 0 Å². The Morgan fingerprint density at radius 2 is 1.58 bits per heavy atom. The molecule has 1 aliphatic heterocycles. The van der Waals surface area contributed by atoms with Gasteiger partial charge in [-0.25, -0.2) is 9.97 Å². The van der Waals surface area contributed by atoms with Crippen molar-refractivity contribution in [3.63, 3.8) is 0 Å². The Bertz CT molecular complexity index is 1230. The number of rotatable bonds is 5. The fraction of sp³-hybridized carbons (Fsp3) is 0.261. The van der Waals surface area contributed by atoms with Gasteiger partial charge in [0.15, 0.2) is 0 Å². The molecule has 1 fully saturated rings. The van der Waals surface area contributed by atoms with Crippen molar-refractivity contribution in [2.45, 2.75) is 6.54 Å². The van der Waals surface area contributed by atoms with Gasteiger partial charge < -0.3 is 4.90 Å². The Hall–Kier alpha value is -2.74. The van der Waals surface area contributed by atoms with Crippen molar-refractivity contribution in [1.82, 2.24) is 18.8 Å². The molecule has 1 aliphatic rings. The van der Waals surface area contributed by atoms with E-state index in [0.717, 1.165) is 71.5 Å². The number of piperazine rings is 1. The predicted octanol–water partition coefficient (Wildman–Crippen LogP) is 4.00.